The van der Waals surface area contributed by atoms with Gasteiger partial charge in [0.05, 0.1) is 28.2 Å². The van der Waals surface area contributed by atoms with Gasteiger partial charge in [-0.15, -0.1) is 0 Å². The van der Waals surface area contributed by atoms with Gasteiger partial charge in [0.25, 0.3) is 5.91 Å². The van der Waals surface area contributed by atoms with Crippen LogP contribution < -0.4 is 21.2 Å². The number of carbonyl (C=O) groups excluding carboxylic acids is 3. The van der Waals surface area contributed by atoms with Crippen molar-refractivity contribution in [3.8, 4) is 16.9 Å². The van der Waals surface area contributed by atoms with Gasteiger partial charge in [-0.1, -0.05) is 18.2 Å². The first-order valence-corrected chi connectivity index (χ1v) is 20.7. The van der Waals surface area contributed by atoms with Crippen molar-refractivity contribution in [2.45, 2.75) is 69.9 Å². The molecule has 9 rings (SSSR count). The zero-order valence-corrected chi connectivity index (χ0v) is 33.4. The smallest absolute Gasteiger partial charge is 0.329 e. The Hall–Kier alpha value is -6.52. The summed E-state index contributed by atoms with van der Waals surface area (Å²) in [5, 5.41) is 20.1. The third-order valence-corrected chi connectivity index (χ3v) is 12.7. The molecule has 0 unspecified atom stereocenters. The monoisotopic (exact) mass is 835 g/mol. The number of piperidine rings is 2. The highest BCUT2D eigenvalue weighted by Crippen LogP contribution is 2.34. The molecule has 3 aromatic heterocycles. The number of aryl methyl sites for hydroxylation is 1. The van der Waals surface area contributed by atoms with Crippen LogP contribution in [-0.2, 0) is 23.1 Å². The van der Waals surface area contributed by atoms with Gasteiger partial charge in [-0.05, 0) is 98.6 Å². The lowest BCUT2D eigenvalue weighted by Crippen LogP contribution is -2.44. The van der Waals surface area contributed by atoms with Gasteiger partial charge >= 0.3 is 5.69 Å². The van der Waals surface area contributed by atoms with Gasteiger partial charge in [0.2, 0.25) is 23.6 Å². The minimum Gasteiger partial charge on any atom is -0.503 e. The van der Waals surface area contributed by atoms with Crippen molar-refractivity contribution in [1.29, 1.82) is 0 Å². The molecule has 5 heterocycles. The van der Waals surface area contributed by atoms with Crippen LogP contribution in [0.3, 0.4) is 0 Å². The van der Waals surface area contributed by atoms with Crippen molar-refractivity contribution in [3.05, 3.63) is 100 Å². The van der Waals surface area contributed by atoms with Crippen LogP contribution in [0, 0.1) is 29.3 Å². The molecule has 1 saturated carbocycles. The van der Waals surface area contributed by atoms with Crippen LogP contribution in [0.5, 0.6) is 5.75 Å². The van der Waals surface area contributed by atoms with E-state index in [1.807, 2.05) is 59.7 Å². The zero-order chi connectivity index (χ0) is 42.5. The number of fused-ring (bicyclic) bond motifs is 2. The molecule has 2 saturated heterocycles. The number of phenols is 1. The number of rotatable bonds is 9. The Morgan fingerprint density at radius 1 is 0.869 bits per heavy atom. The summed E-state index contributed by atoms with van der Waals surface area (Å²) in [6.45, 7) is 1.87. The molecular weight excluding hydrogens is 792 g/mol. The quantitative estimate of drug-likeness (QED) is 0.119. The first-order valence-electron chi connectivity index (χ1n) is 20.7. The zero-order valence-electron chi connectivity index (χ0n) is 33.4. The summed E-state index contributed by atoms with van der Waals surface area (Å²) in [5.74, 6) is -6.68. The molecule has 3 N–H and O–H groups in total. The molecule has 316 valence electrons. The molecular formula is C44H44F3N9O5. The third kappa shape index (κ3) is 7.72. The molecule has 2 aliphatic heterocycles. The number of aromatic nitrogens is 6. The van der Waals surface area contributed by atoms with Crippen molar-refractivity contribution in [2.75, 3.05) is 24.5 Å². The molecule has 3 aliphatic rings. The molecule has 1 atom stereocenters. The van der Waals surface area contributed by atoms with E-state index in [9.17, 15) is 37.5 Å². The fourth-order valence-electron chi connectivity index (χ4n) is 9.17. The van der Waals surface area contributed by atoms with Crippen molar-refractivity contribution in [2.24, 2.45) is 18.9 Å². The number of anilines is 1. The summed E-state index contributed by atoms with van der Waals surface area (Å²) in [6, 6.07) is 12.0. The van der Waals surface area contributed by atoms with E-state index in [1.165, 1.54) is 4.57 Å². The predicted octanol–water partition coefficient (Wildman–Crippen LogP) is 5.87. The number of halogens is 3. The molecule has 17 heteroatoms. The van der Waals surface area contributed by atoms with Gasteiger partial charge in [0.15, 0.2) is 17.4 Å². The van der Waals surface area contributed by atoms with Crippen LogP contribution in [0.4, 0.5) is 19.1 Å². The molecule has 3 fully saturated rings. The first kappa shape index (κ1) is 39.9. The number of hydrogen-bond donors (Lipinski definition) is 3. The van der Waals surface area contributed by atoms with E-state index in [2.05, 4.69) is 15.5 Å². The third-order valence-electron chi connectivity index (χ3n) is 12.7. The van der Waals surface area contributed by atoms with Gasteiger partial charge in [-0.2, -0.15) is 9.49 Å². The highest BCUT2D eigenvalue weighted by atomic mass is 19.2. The van der Waals surface area contributed by atoms with Crippen LogP contribution in [0.1, 0.15) is 79.4 Å². The maximum absolute atomic E-state index is 14.1. The molecule has 3 aromatic carbocycles. The normalized spacial score (nSPS) is 20.1. The topological polar surface area (TPSA) is 169 Å². The Morgan fingerprint density at radius 2 is 1.62 bits per heavy atom. The average molecular weight is 836 g/mol. The largest absolute Gasteiger partial charge is 0.503 e. The standard InChI is InChI=1S/C44H44F3N9O5/c1-53-36-17-26(4-9-34(36)56(44(53)61)35-10-11-37(57)51-42(35)60)16-24-12-14-54(15-13-24)43-49-21-29(22-50-43)27-5-6-28-23-55(52-33(28)18-27)30-7-2-25(3-8-30)20-48-41(59)31-19-32(45)40(58)39(47)38(31)46/h4-6,9,17-19,21-25,30,35,58H,2-3,7-8,10-16,20H2,1H3,(H,48,59)(H,51,57,60)/t25?,30?,35-/m1/s1. The Morgan fingerprint density at radius 3 is 2.36 bits per heavy atom. The summed E-state index contributed by atoms with van der Waals surface area (Å²) in [4.78, 5) is 61.6. The number of imide groups is 1. The number of amides is 3. The molecule has 3 amide bonds. The minimum absolute atomic E-state index is 0.107. The van der Waals surface area contributed by atoms with E-state index in [4.69, 9.17) is 15.1 Å². The highest BCUT2D eigenvalue weighted by Gasteiger charge is 2.32. The van der Waals surface area contributed by atoms with Gasteiger partial charge in [-0.3, -0.25) is 33.5 Å². The summed E-state index contributed by atoms with van der Waals surface area (Å²) in [6.07, 6.45) is 12.2. The predicted molar refractivity (Wildman–Crippen MR) is 219 cm³/mol. The van der Waals surface area contributed by atoms with Crippen LogP contribution in [-0.4, -0.2) is 71.3 Å². The van der Waals surface area contributed by atoms with E-state index in [0.717, 1.165) is 91.1 Å². The van der Waals surface area contributed by atoms with E-state index < -0.39 is 46.6 Å². The molecule has 14 nitrogen and oxygen atoms in total. The minimum atomic E-state index is -1.79. The summed E-state index contributed by atoms with van der Waals surface area (Å²) in [5.41, 5.74) is 4.20. The number of carbonyl (C=O) groups is 3. The maximum atomic E-state index is 14.1. The number of benzene rings is 3. The Bertz CT molecular complexity index is 2750. The van der Waals surface area contributed by atoms with Crippen LogP contribution in [0.25, 0.3) is 33.1 Å². The van der Waals surface area contributed by atoms with Crippen molar-refractivity contribution < 1.29 is 32.7 Å². The fourth-order valence-corrected chi connectivity index (χ4v) is 9.17. The second-order valence-corrected chi connectivity index (χ2v) is 16.6. The van der Waals surface area contributed by atoms with E-state index in [0.29, 0.717) is 29.9 Å². The highest BCUT2D eigenvalue weighted by molar-refractivity contribution is 6.00. The lowest BCUT2D eigenvalue weighted by atomic mass is 9.86. The van der Waals surface area contributed by atoms with Gasteiger partial charge in [-0.25, -0.2) is 23.5 Å². The SMILES string of the molecule is Cn1c(=O)n([C@@H]2CCC(=O)NC2=O)c2ccc(CC3CCN(c4ncc(-c5ccc6cn(C7CCC(CNC(=O)c8cc(F)c(O)c(F)c8F)CC7)nc6c5)cn4)CC3)cc21. The maximum Gasteiger partial charge on any atom is 0.329 e. The van der Waals surface area contributed by atoms with E-state index >= 15 is 0 Å². The van der Waals surface area contributed by atoms with Gasteiger partial charge in [0.1, 0.15) is 6.04 Å². The number of nitrogens with zero attached hydrogens (tertiary/aromatic N) is 7. The number of phenolic OH excluding ortho intramolecular Hbond substituents is 1. The number of hydrogen-bond acceptors (Lipinski definition) is 9. The second kappa shape index (κ2) is 16.2. The lowest BCUT2D eigenvalue weighted by molar-refractivity contribution is -0.135. The molecule has 6 aromatic rings. The molecule has 0 radical (unpaired) electrons. The number of imidazole rings is 1. The van der Waals surface area contributed by atoms with Crippen molar-refractivity contribution >= 4 is 45.6 Å². The Kier molecular flexibility index (Phi) is 10.6. The molecule has 61 heavy (non-hydrogen) atoms. The summed E-state index contributed by atoms with van der Waals surface area (Å²) >= 11 is 0. The van der Waals surface area contributed by atoms with Crippen LogP contribution in [0.2, 0.25) is 0 Å². The van der Waals surface area contributed by atoms with Gasteiger partial charge in [0, 0.05) is 62.6 Å². The van der Waals surface area contributed by atoms with Gasteiger partial charge < -0.3 is 15.3 Å². The molecule has 0 spiro atoms. The Balaban J connectivity index is 0.773. The average Bonchev–Trinajstić information content (AvgIpc) is 3.81. The Labute approximate surface area is 347 Å². The first-order chi connectivity index (χ1) is 29.4. The lowest BCUT2D eigenvalue weighted by Gasteiger charge is -2.32. The van der Waals surface area contributed by atoms with E-state index in [1.54, 1.807) is 11.6 Å². The second-order valence-electron chi connectivity index (χ2n) is 16.6. The molecule has 0 bridgehead atoms. The van der Waals surface area contributed by atoms with Crippen LogP contribution >= 0.6 is 0 Å². The fraction of sp³-hybridized carbons (Fsp3) is 0.386. The summed E-state index contributed by atoms with van der Waals surface area (Å²) in [7, 11) is 1.71. The number of nitrogens with one attached hydrogen (secondary N) is 2. The van der Waals surface area contributed by atoms with Crippen LogP contribution in [0.15, 0.2) is 65.8 Å². The number of aromatic hydroxyl groups is 1. The van der Waals surface area contributed by atoms with Crippen molar-refractivity contribution in [1.82, 2.24) is 39.5 Å². The molecule has 1 aliphatic carbocycles. The van der Waals surface area contributed by atoms with Crippen molar-refractivity contribution in [3.63, 3.8) is 0 Å². The summed E-state index contributed by atoms with van der Waals surface area (Å²) < 4.78 is 46.7. The van der Waals surface area contributed by atoms with E-state index in [-0.39, 0.29) is 36.5 Å².